The normalized spacial score (nSPS) is 16.3. The first-order valence-corrected chi connectivity index (χ1v) is 7.46. The number of hydrogen-bond donors (Lipinski definition) is 1. The zero-order valence-corrected chi connectivity index (χ0v) is 13.4. The van der Waals surface area contributed by atoms with Crippen LogP contribution in [0.5, 0.6) is 0 Å². The zero-order valence-electron chi connectivity index (χ0n) is 13.4. The SMILES string of the molecule is CN(C)c1ncccc1NC(=O)C1CC(c2cccc(F)c2)=NO1. The van der Waals surface area contributed by atoms with Crippen LogP contribution >= 0.6 is 0 Å². The van der Waals surface area contributed by atoms with Crippen molar-refractivity contribution in [2.45, 2.75) is 12.5 Å². The summed E-state index contributed by atoms with van der Waals surface area (Å²) in [4.78, 5) is 23.7. The lowest BCUT2D eigenvalue weighted by Crippen LogP contribution is -2.29. The maximum Gasteiger partial charge on any atom is 0.268 e. The van der Waals surface area contributed by atoms with Gasteiger partial charge in [0.2, 0.25) is 6.10 Å². The van der Waals surface area contributed by atoms with E-state index in [1.807, 2.05) is 14.1 Å². The second-order valence-corrected chi connectivity index (χ2v) is 5.60. The Labute approximate surface area is 138 Å². The molecule has 1 unspecified atom stereocenters. The minimum absolute atomic E-state index is 0.285. The van der Waals surface area contributed by atoms with Crippen molar-refractivity contribution < 1.29 is 14.0 Å². The highest BCUT2D eigenvalue weighted by molar-refractivity contribution is 6.06. The second-order valence-electron chi connectivity index (χ2n) is 5.60. The summed E-state index contributed by atoms with van der Waals surface area (Å²) in [6.45, 7) is 0. The van der Waals surface area contributed by atoms with E-state index in [0.717, 1.165) is 0 Å². The Bertz CT molecular complexity index is 792. The average Bonchev–Trinajstić information content (AvgIpc) is 3.05. The molecule has 3 rings (SSSR count). The van der Waals surface area contributed by atoms with Crippen LogP contribution in [0.1, 0.15) is 12.0 Å². The molecule has 1 atom stereocenters. The molecule has 1 N–H and O–H groups in total. The lowest BCUT2D eigenvalue weighted by atomic mass is 10.0. The monoisotopic (exact) mass is 328 g/mol. The lowest BCUT2D eigenvalue weighted by molar-refractivity contribution is -0.125. The number of carbonyl (C=O) groups excluding carboxylic acids is 1. The number of carbonyl (C=O) groups is 1. The van der Waals surface area contributed by atoms with E-state index in [0.29, 0.717) is 22.8 Å². The Hall–Kier alpha value is -2.96. The van der Waals surface area contributed by atoms with Gasteiger partial charge < -0.3 is 15.1 Å². The summed E-state index contributed by atoms with van der Waals surface area (Å²) in [7, 11) is 3.68. The van der Waals surface area contributed by atoms with Crippen LogP contribution in [0.3, 0.4) is 0 Å². The van der Waals surface area contributed by atoms with Crippen molar-refractivity contribution in [1.82, 2.24) is 4.98 Å². The van der Waals surface area contributed by atoms with Crippen LogP contribution in [0.15, 0.2) is 47.8 Å². The largest absolute Gasteiger partial charge is 0.382 e. The number of oxime groups is 1. The van der Waals surface area contributed by atoms with Crippen molar-refractivity contribution in [3.8, 4) is 0 Å². The van der Waals surface area contributed by atoms with E-state index in [1.54, 1.807) is 35.4 Å². The summed E-state index contributed by atoms with van der Waals surface area (Å²) in [5.74, 6) is -0.0227. The van der Waals surface area contributed by atoms with Crippen LogP contribution in [-0.4, -0.2) is 36.8 Å². The summed E-state index contributed by atoms with van der Waals surface area (Å²) in [5.41, 5.74) is 1.75. The average molecular weight is 328 g/mol. The number of pyridine rings is 1. The summed E-state index contributed by atoms with van der Waals surface area (Å²) in [6.07, 6.45) is 1.19. The van der Waals surface area contributed by atoms with Gasteiger partial charge in [-0.05, 0) is 24.3 Å². The van der Waals surface area contributed by atoms with Gasteiger partial charge in [-0.2, -0.15) is 0 Å². The maximum atomic E-state index is 13.3. The van der Waals surface area contributed by atoms with Crippen LogP contribution < -0.4 is 10.2 Å². The molecule has 6 nitrogen and oxygen atoms in total. The first-order valence-electron chi connectivity index (χ1n) is 7.46. The zero-order chi connectivity index (χ0) is 17.1. The molecule has 1 aliphatic heterocycles. The van der Waals surface area contributed by atoms with E-state index in [9.17, 15) is 9.18 Å². The fraction of sp³-hybridized carbons (Fsp3) is 0.235. The van der Waals surface area contributed by atoms with E-state index in [2.05, 4.69) is 15.5 Å². The van der Waals surface area contributed by atoms with Crippen LogP contribution in [-0.2, 0) is 9.63 Å². The van der Waals surface area contributed by atoms with Gasteiger partial charge in [0.25, 0.3) is 5.91 Å². The number of rotatable bonds is 4. The number of hydrogen-bond acceptors (Lipinski definition) is 5. The molecule has 1 amide bonds. The molecule has 1 aromatic heterocycles. The molecule has 0 radical (unpaired) electrons. The highest BCUT2D eigenvalue weighted by Crippen LogP contribution is 2.23. The topological polar surface area (TPSA) is 66.8 Å². The third kappa shape index (κ3) is 3.34. The quantitative estimate of drug-likeness (QED) is 0.936. The maximum absolute atomic E-state index is 13.3. The van der Waals surface area contributed by atoms with Crippen molar-refractivity contribution in [3.63, 3.8) is 0 Å². The Morgan fingerprint density at radius 2 is 2.17 bits per heavy atom. The van der Waals surface area contributed by atoms with Gasteiger partial charge in [0.1, 0.15) is 5.82 Å². The summed E-state index contributed by atoms with van der Waals surface area (Å²) < 4.78 is 13.3. The van der Waals surface area contributed by atoms with Crippen molar-refractivity contribution >= 4 is 23.1 Å². The molecule has 1 aliphatic rings. The summed E-state index contributed by atoms with van der Waals surface area (Å²) >= 11 is 0. The predicted molar refractivity (Wildman–Crippen MR) is 89.6 cm³/mol. The van der Waals surface area contributed by atoms with Crippen LogP contribution in [0.4, 0.5) is 15.9 Å². The smallest absolute Gasteiger partial charge is 0.268 e. The lowest BCUT2D eigenvalue weighted by Gasteiger charge is -2.17. The molecule has 2 heterocycles. The number of benzene rings is 1. The third-order valence-corrected chi connectivity index (χ3v) is 3.59. The molecule has 0 aliphatic carbocycles. The van der Waals surface area contributed by atoms with Crippen LogP contribution in [0, 0.1) is 5.82 Å². The van der Waals surface area contributed by atoms with E-state index >= 15 is 0 Å². The molecule has 0 spiro atoms. The highest BCUT2D eigenvalue weighted by atomic mass is 19.1. The van der Waals surface area contributed by atoms with Gasteiger partial charge in [0.15, 0.2) is 5.82 Å². The number of amides is 1. The highest BCUT2D eigenvalue weighted by Gasteiger charge is 2.29. The number of anilines is 2. The minimum Gasteiger partial charge on any atom is -0.382 e. The second kappa shape index (κ2) is 6.66. The molecule has 24 heavy (non-hydrogen) atoms. The van der Waals surface area contributed by atoms with Gasteiger partial charge in [-0.25, -0.2) is 9.37 Å². The molecule has 1 aromatic carbocycles. The Kier molecular flexibility index (Phi) is 4.41. The van der Waals surface area contributed by atoms with Gasteiger partial charge in [-0.15, -0.1) is 0 Å². The standard InChI is InChI=1S/C17H17FN4O2/c1-22(2)16-13(7-4-8-19-16)20-17(23)15-10-14(21-24-15)11-5-3-6-12(18)9-11/h3-9,15H,10H2,1-2H3,(H,20,23). The van der Waals surface area contributed by atoms with E-state index in [4.69, 9.17) is 4.84 Å². The van der Waals surface area contributed by atoms with Crippen molar-refractivity contribution in [2.75, 3.05) is 24.3 Å². The van der Waals surface area contributed by atoms with Gasteiger partial charge in [-0.1, -0.05) is 17.3 Å². The van der Waals surface area contributed by atoms with Gasteiger partial charge in [-0.3, -0.25) is 4.79 Å². The summed E-state index contributed by atoms with van der Waals surface area (Å²) in [6, 6.07) is 9.57. The predicted octanol–water partition coefficient (Wildman–Crippen LogP) is 2.42. The molecule has 0 bridgehead atoms. The number of halogens is 1. The number of nitrogens with one attached hydrogen (secondary N) is 1. The first kappa shape index (κ1) is 15.9. The molecule has 0 fully saturated rings. The minimum atomic E-state index is -0.751. The van der Waals surface area contributed by atoms with Crippen molar-refractivity contribution in [2.24, 2.45) is 5.16 Å². The third-order valence-electron chi connectivity index (χ3n) is 3.59. The summed E-state index contributed by atoms with van der Waals surface area (Å²) in [5, 5.41) is 6.71. The van der Waals surface area contributed by atoms with E-state index in [-0.39, 0.29) is 18.1 Å². The number of nitrogens with zero attached hydrogens (tertiary/aromatic N) is 3. The first-order chi connectivity index (χ1) is 11.5. The Morgan fingerprint density at radius 1 is 1.33 bits per heavy atom. The van der Waals surface area contributed by atoms with Crippen LogP contribution in [0.2, 0.25) is 0 Å². The molecule has 0 saturated carbocycles. The van der Waals surface area contributed by atoms with Crippen molar-refractivity contribution in [3.05, 3.63) is 54.0 Å². The molecule has 2 aromatic rings. The fourth-order valence-electron chi connectivity index (χ4n) is 2.42. The number of aromatic nitrogens is 1. The molecule has 0 saturated heterocycles. The van der Waals surface area contributed by atoms with E-state index in [1.165, 1.54) is 12.1 Å². The fourth-order valence-corrected chi connectivity index (χ4v) is 2.42. The Morgan fingerprint density at radius 3 is 2.92 bits per heavy atom. The van der Waals surface area contributed by atoms with Gasteiger partial charge in [0.05, 0.1) is 11.4 Å². The van der Waals surface area contributed by atoms with Crippen molar-refractivity contribution in [1.29, 1.82) is 0 Å². The van der Waals surface area contributed by atoms with Gasteiger partial charge in [0, 0.05) is 32.3 Å². The molecule has 124 valence electrons. The Balaban J connectivity index is 1.68. The van der Waals surface area contributed by atoms with E-state index < -0.39 is 6.10 Å². The van der Waals surface area contributed by atoms with Gasteiger partial charge >= 0.3 is 0 Å². The molecular formula is C17H17FN4O2. The molecule has 7 heteroatoms. The van der Waals surface area contributed by atoms with Crippen LogP contribution in [0.25, 0.3) is 0 Å². The molecular weight excluding hydrogens is 311 g/mol.